The van der Waals surface area contributed by atoms with Gasteiger partial charge in [0.2, 0.25) is 11.8 Å². The maximum Gasteiger partial charge on any atom is 0.262 e. The predicted octanol–water partition coefficient (Wildman–Crippen LogP) is 0.0406. The van der Waals surface area contributed by atoms with Gasteiger partial charge in [-0.3, -0.25) is 34.3 Å². The first-order valence-corrected chi connectivity index (χ1v) is 10.6. The van der Waals surface area contributed by atoms with E-state index in [1.165, 1.54) is 0 Å². The van der Waals surface area contributed by atoms with Crippen LogP contribution in [0.3, 0.4) is 0 Å². The van der Waals surface area contributed by atoms with E-state index in [-0.39, 0.29) is 30.0 Å². The number of hydrogen-bond acceptors (Lipinski definition) is 7. The molecule has 3 saturated heterocycles. The highest BCUT2D eigenvalue weighted by Gasteiger charge is 2.49. The third kappa shape index (κ3) is 3.37. The van der Waals surface area contributed by atoms with Crippen molar-refractivity contribution in [2.45, 2.75) is 50.5 Å². The fourth-order valence-corrected chi connectivity index (χ4v) is 5.31. The largest absolute Gasteiger partial charge is 0.364 e. The number of ether oxygens (including phenoxy) is 1. The fraction of sp³-hybridized carbons (Fsp3) is 0.545. The molecule has 1 aromatic rings. The number of carbonyl (C=O) groups excluding carboxylic acids is 4. The quantitative estimate of drug-likeness (QED) is 0.657. The Morgan fingerprint density at radius 3 is 2.55 bits per heavy atom. The van der Waals surface area contributed by atoms with E-state index in [1.807, 2.05) is 6.07 Å². The van der Waals surface area contributed by atoms with Crippen molar-refractivity contribution in [1.29, 1.82) is 0 Å². The zero-order valence-electron chi connectivity index (χ0n) is 17.7. The SMILES string of the molecule is CC1(C)CN(Cc2cccc3c2C(=O)N(C2CCC(=O)NC2=O)C3=O)CC2(CNC2)O1. The first kappa shape index (κ1) is 20.3. The average molecular weight is 426 g/mol. The molecule has 4 heterocycles. The van der Waals surface area contributed by atoms with Crippen LogP contribution in [0.2, 0.25) is 0 Å². The summed E-state index contributed by atoms with van der Waals surface area (Å²) in [6, 6.07) is 4.32. The Morgan fingerprint density at radius 1 is 1.10 bits per heavy atom. The molecule has 3 fully saturated rings. The van der Waals surface area contributed by atoms with Crippen molar-refractivity contribution < 1.29 is 23.9 Å². The summed E-state index contributed by atoms with van der Waals surface area (Å²) in [6.45, 7) is 7.67. The number of benzene rings is 1. The van der Waals surface area contributed by atoms with Crippen molar-refractivity contribution in [2.24, 2.45) is 0 Å². The third-order valence-corrected chi connectivity index (χ3v) is 6.45. The lowest BCUT2D eigenvalue weighted by molar-refractivity contribution is -0.216. The Hall–Kier alpha value is -2.62. The van der Waals surface area contributed by atoms with E-state index >= 15 is 0 Å². The van der Waals surface area contributed by atoms with Crippen LogP contribution in [0, 0.1) is 0 Å². The molecule has 9 nitrogen and oxygen atoms in total. The first-order valence-electron chi connectivity index (χ1n) is 10.6. The average Bonchev–Trinajstić information content (AvgIpc) is 2.91. The highest BCUT2D eigenvalue weighted by Crippen LogP contribution is 2.34. The Balaban J connectivity index is 1.42. The predicted molar refractivity (Wildman–Crippen MR) is 109 cm³/mol. The van der Waals surface area contributed by atoms with E-state index in [2.05, 4.69) is 29.4 Å². The number of hydrogen-bond donors (Lipinski definition) is 2. The van der Waals surface area contributed by atoms with Crippen LogP contribution < -0.4 is 10.6 Å². The molecule has 0 aliphatic carbocycles. The van der Waals surface area contributed by atoms with Crippen molar-refractivity contribution in [3.05, 3.63) is 34.9 Å². The minimum atomic E-state index is -0.954. The van der Waals surface area contributed by atoms with Gasteiger partial charge >= 0.3 is 0 Å². The molecule has 0 bridgehead atoms. The third-order valence-electron chi connectivity index (χ3n) is 6.45. The monoisotopic (exact) mass is 426 g/mol. The number of nitrogens with zero attached hydrogens (tertiary/aromatic N) is 2. The summed E-state index contributed by atoms with van der Waals surface area (Å²) in [4.78, 5) is 53.4. The van der Waals surface area contributed by atoms with Crippen LogP contribution in [0.25, 0.3) is 0 Å². The van der Waals surface area contributed by atoms with Crippen molar-refractivity contribution in [3.8, 4) is 0 Å². The lowest BCUT2D eigenvalue weighted by Crippen LogP contribution is -2.72. The minimum Gasteiger partial charge on any atom is -0.364 e. The number of carbonyl (C=O) groups is 4. The molecular weight excluding hydrogens is 400 g/mol. The molecule has 4 aliphatic rings. The van der Waals surface area contributed by atoms with Gasteiger partial charge in [-0.1, -0.05) is 12.1 Å². The second-order valence-electron chi connectivity index (χ2n) is 9.58. The van der Waals surface area contributed by atoms with E-state index < -0.39 is 23.8 Å². The van der Waals surface area contributed by atoms with Crippen LogP contribution in [0.5, 0.6) is 0 Å². The minimum absolute atomic E-state index is 0.107. The van der Waals surface area contributed by atoms with Gasteiger partial charge in [-0.05, 0) is 31.9 Å². The fourth-order valence-electron chi connectivity index (χ4n) is 5.31. The van der Waals surface area contributed by atoms with Gasteiger partial charge in [0.15, 0.2) is 0 Å². The summed E-state index contributed by atoms with van der Waals surface area (Å²) < 4.78 is 6.31. The van der Waals surface area contributed by atoms with E-state index in [1.54, 1.807) is 12.1 Å². The molecule has 1 atom stereocenters. The van der Waals surface area contributed by atoms with E-state index in [0.29, 0.717) is 24.2 Å². The van der Waals surface area contributed by atoms with Gasteiger partial charge in [0.25, 0.3) is 11.8 Å². The van der Waals surface area contributed by atoms with E-state index in [9.17, 15) is 19.2 Å². The smallest absolute Gasteiger partial charge is 0.262 e. The molecule has 1 unspecified atom stereocenters. The molecular formula is C22H26N4O5. The molecule has 164 valence electrons. The van der Waals surface area contributed by atoms with Crippen LogP contribution in [0.15, 0.2) is 18.2 Å². The summed E-state index contributed by atoms with van der Waals surface area (Å²) >= 11 is 0. The number of imide groups is 2. The molecule has 1 spiro atoms. The number of rotatable bonds is 3. The van der Waals surface area contributed by atoms with Gasteiger partial charge in [-0.15, -0.1) is 0 Å². The maximum atomic E-state index is 13.3. The number of nitrogens with one attached hydrogen (secondary N) is 2. The molecule has 2 N–H and O–H groups in total. The summed E-state index contributed by atoms with van der Waals surface area (Å²) in [5, 5.41) is 5.51. The molecule has 4 aliphatic heterocycles. The molecule has 1 aromatic carbocycles. The molecule has 0 radical (unpaired) electrons. The molecule has 31 heavy (non-hydrogen) atoms. The van der Waals surface area contributed by atoms with Crippen molar-refractivity contribution >= 4 is 23.6 Å². The lowest BCUT2D eigenvalue weighted by atomic mass is 9.90. The van der Waals surface area contributed by atoms with Crippen molar-refractivity contribution in [1.82, 2.24) is 20.4 Å². The van der Waals surface area contributed by atoms with Gasteiger partial charge in [-0.2, -0.15) is 0 Å². The summed E-state index contributed by atoms with van der Waals surface area (Å²) in [5.74, 6) is -1.91. The van der Waals surface area contributed by atoms with Gasteiger partial charge in [0, 0.05) is 39.1 Å². The van der Waals surface area contributed by atoms with Crippen molar-refractivity contribution in [2.75, 3.05) is 26.2 Å². The Labute approximate surface area is 180 Å². The van der Waals surface area contributed by atoms with Crippen LogP contribution in [0.1, 0.15) is 53.0 Å². The van der Waals surface area contributed by atoms with Gasteiger partial charge in [0.05, 0.1) is 16.7 Å². The van der Waals surface area contributed by atoms with Crippen LogP contribution >= 0.6 is 0 Å². The second-order valence-corrected chi connectivity index (χ2v) is 9.58. The van der Waals surface area contributed by atoms with Gasteiger partial charge < -0.3 is 10.1 Å². The molecule has 0 saturated carbocycles. The van der Waals surface area contributed by atoms with Crippen molar-refractivity contribution in [3.63, 3.8) is 0 Å². The summed E-state index contributed by atoms with van der Waals surface area (Å²) in [7, 11) is 0. The topological polar surface area (TPSA) is 108 Å². The molecule has 5 rings (SSSR count). The number of fused-ring (bicyclic) bond motifs is 1. The van der Waals surface area contributed by atoms with E-state index in [0.717, 1.165) is 30.1 Å². The zero-order valence-corrected chi connectivity index (χ0v) is 17.7. The maximum absolute atomic E-state index is 13.3. The summed E-state index contributed by atoms with van der Waals surface area (Å²) in [5.41, 5.74) is 0.905. The van der Waals surface area contributed by atoms with Crippen LogP contribution in [-0.4, -0.2) is 76.9 Å². The highest BCUT2D eigenvalue weighted by molar-refractivity contribution is 6.24. The van der Waals surface area contributed by atoms with Gasteiger partial charge in [-0.25, -0.2) is 0 Å². The standard InChI is InChI=1S/C22H26N4O5/c1-21(2)11-25(12-22(31-21)9-23-10-22)8-13-4-3-5-14-17(13)20(30)26(19(14)29)15-6-7-16(27)24-18(15)28/h3-5,15,23H,6-12H2,1-2H3,(H,24,27,28). The Kier molecular flexibility index (Phi) is 4.55. The number of morpholine rings is 1. The Morgan fingerprint density at radius 2 is 1.87 bits per heavy atom. The van der Waals surface area contributed by atoms with E-state index in [4.69, 9.17) is 4.74 Å². The molecule has 0 aromatic heterocycles. The second kappa shape index (κ2) is 6.94. The molecule has 9 heteroatoms. The normalized spacial score (nSPS) is 27.3. The summed E-state index contributed by atoms with van der Waals surface area (Å²) in [6.07, 6.45) is 0.258. The van der Waals surface area contributed by atoms with Gasteiger partial charge in [0.1, 0.15) is 11.6 Å². The lowest BCUT2D eigenvalue weighted by Gasteiger charge is -2.54. The number of amides is 4. The highest BCUT2D eigenvalue weighted by atomic mass is 16.5. The Bertz CT molecular complexity index is 1000. The first-order chi connectivity index (χ1) is 14.7. The van der Waals surface area contributed by atoms with Crippen LogP contribution in [0.4, 0.5) is 0 Å². The molecule has 4 amide bonds. The van der Waals surface area contributed by atoms with Crippen LogP contribution in [-0.2, 0) is 20.9 Å². The zero-order chi connectivity index (χ0) is 22.0. The number of piperidine rings is 1.